The molecule has 6 nitrogen and oxygen atoms in total. The lowest BCUT2D eigenvalue weighted by molar-refractivity contribution is -0.184. The highest BCUT2D eigenvalue weighted by molar-refractivity contribution is 6.37. The zero-order valence-corrected chi connectivity index (χ0v) is 24.1. The van der Waals surface area contributed by atoms with Crippen LogP contribution in [0.5, 0.6) is 5.75 Å². The molecule has 0 aromatic heterocycles. The SMILES string of the molecule is O=NC(=O)CCNC(=O)c1ccc(C2(c3cc(Cl)c(OCC4CCCCC4)c(Cl)c3)CCC(C(F)(F)F)CC2)cc1. The van der Waals surface area contributed by atoms with E-state index >= 15 is 0 Å². The molecule has 0 radical (unpaired) electrons. The van der Waals surface area contributed by atoms with Gasteiger partial charge in [-0.05, 0) is 79.8 Å². The Morgan fingerprint density at radius 2 is 1.56 bits per heavy atom. The fourth-order valence-corrected chi connectivity index (χ4v) is 6.68. The van der Waals surface area contributed by atoms with E-state index in [1.807, 2.05) is 0 Å². The molecule has 2 fully saturated rings. The summed E-state index contributed by atoms with van der Waals surface area (Å²) >= 11 is 13.4. The van der Waals surface area contributed by atoms with E-state index in [-0.39, 0.29) is 38.6 Å². The normalized spacial score (nSPS) is 21.7. The molecule has 1 N–H and O–H groups in total. The van der Waals surface area contributed by atoms with Gasteiger partial charge < -0.3 is 10.1 Å². The van der Waals surface area contributed by atoms with Gasteiger partial charge in [0.15, 0.2) is 5.75 Å². The minimum atomic E-state index is -4.28. The molecule has 11 heteroatoms. The van der Waals surface area contributed by atoms with E-state index in [2.05, 4.69) is 10.5 Å². The van der Waals surface area contributed by atoms with Crippen molar-refractivity contribution in [2.45, 2.75) is 75.8 Å². The molecule has 2 aliphatic carbocycles. The predicted octanol–water partition coefficient (Wildman–Crippen LogP) is 8.40. The molecule has 0 heterocycles. The van der Waals surface area contributed by atoms with Crippen LogP contribution in [0.3, 0.4) is 0 Å². The molecule has 2 aliphatic rings. The van der Waals surface area contributed by atoms with Crippen molar-refractivity contribution in [1.29, 1.82) is 0 Å². The molecular weight excluding hydrogens is 580 g/mol. The lowest BCUT2D eigenvalue weighted by Crippen LogP contribution is -2.37. The maximum atomic E-state index is 13.6. The molecule has 2 aromatic rings. The van der Waals surface area contributed by atoms with Crippen LogP contribution >= 0.6 is 23.2 Å². The Balaban J connectivity index is 1.59. The minimum Gasteiger partial charge on any atom is -0.490 e. The first-order valence-corrected chi connectivity index (χ1v) is 14.7. The number of alkyl halides is 3. The number of carbonyl (C=O) groups excluding carboxylic acids is 2. The van der Waals surface area contributed by atoms with E-state index in [0.29, 0.717) is 39.4 Å². The summed E-state index contributed by atoms with van der Waals surface area (Å²) in [6.45, 7) is 0.473. The molecule has 2 amide bonds. The van der Waals surface area contributed by atoms with Crippen LogP contribution in [0.1, 0.15) is 85.7 Å². The van der Waals surface area contributed by atoms with Gasteiger partial charge in [0.2, 0.25) is 0 Å². The summed E-state index contributed by atoms with van der Waals surface area (Å²) in [6.07, 6.45) is 1.62. The number of halogens is 5. The average molecular weight is 614 g/mol. The topological polar surface area (TPSA) is 84.8 Å². The number of ether oxygens (including phenoxy) is 1. The van der Waals surface area contributed by atoms with Gasteiger partial charge >= 0.3 is 6.18 Å². The standard InChI is InChI=1S/C30H33Cl2F3N2O4/c31-24-16-23(17-25(32)27(24)41-18-19-4-2-1-3-5-19)29(13-10-22(11-14-29)30(33,34)35)21-8-6-20(7-9-21)28(39)36-15-12-26(38)37-40/h6-9,16-17,19,22H,1-5,10-15,18H2,(H,36,39). The average Bonchev–Trinajstić information content (AvgIpc) is 2.96. The molecule has 0 unspecified atom stereocenters. The second-order valence-electron chi connectivity index (χ2n) is 11.1. The Morgan fingerprint density at radius 1 is 0.951 bits per heavy atom. The molecule has 2 aromatic carbocycles. The number of amides is 2. The van der Waals surface area contributed by atoms with Crippen molar-refractivity contribution in [3.63, 3.8) is 0 Å². The van der Waals surface area contributed by atoms with Crippen LogP contribution in [0.2, 0.25) is 10.0 Å². The molecule has 2 saturated carbocycles. The molecule has 0 aliphatic heterocycles. The highest BCUT2D eigenvalue weighted by Gasteiger charge is 2.47. The van der Waals surface area contributed by atoms with Crippen molar-refractivity contribution in [2.75, 3.05) is 13.2 Å². The monoisotopic (exact) mass is 612 g/mol. The lowest BCUT2D eigenvalue weighted by atomic mass is 9.63. The van der Waals surface area contributed by atoms with Crippen LogP contribution in [-0.2, 0) is 10.2 Å². The number of rotatable bonds is 9. The second kappa shape index (κ2) is 13.6. The van der Waals surface area contributed by atoms with Gasteiger partial charge in [-0.25, -0.2) is 0 Å². The third-order valence-corrected chi connectivity index (χ3v) is 9.03. The first-order valence-electron chi connectivity index (χ1n) is 14.0. The molecule has 0 saturated heterocycles. The summed E-state index contributed by atoms with van der Waals surface area (Å²) in [5.41, 5.74) is 0.962. The van der Waals surface area contributed by atoms with E-state index in [1.54, 1.807) is 36.4 Å². The first-order chi connectivity index (χ1) is 19.5. The first kappa shape index (κ1) is 31.3. The molecule has 0 atom stereocenters. The molecular formula is C30H33Cl2F3N2O4. The van der Waals surface area contributed by atoms with E-state index in [9.17, 15) is 27.7 Å². The van der Waals surface area contributed by atoms with Crippen molar-refractivity contribution in [1.82, 2.24) is 5.32 Å². The Morgan fingerprint density at radius 3 is 2.12 bits per heavy atom. The summed E-state index contributed by atoms with van der Waals surface area (Å²) in [5, 5.41) is 5.47. The molecule has 0 spiro atoms. The number of nitroso groups, excluding NO2 is 1. The van der Waals surface area contributed by atoms with Crippen molar-refractivity contribution >= 4 is 35.0 Å². The van der Waals surface area contributed by atoms with Gasteiger partial charge in [0.1, 0.15) is 0 Å². The number of hydrogen-bond acceptors (Lipinski definition) is 4. The summed E-state index contributed by atoms with van der Waals surface area (Å²) < 4.78 is 46.8. The van der Waals surface area contributed by atoms with Crippen LogP contribution in [0.15, 0.2) is 41.6 Å². The summed E-state index contributed by atoms with van der Waals surface area (Å²) in [6, 6.07) is 10.1. The van der Waals surface area contributed by atoms with Gasteiger partial charge in [-0.3, -0.25) is 9.59 Å². The molecule has 4 rings (SSSR count). The minimum absolute atomic E-state index is 0.0416. The van der Waals surface area contributed by atoms with Gasteiger partial charge in [0.25, 0.3) is 11.8 Å². The quantitative estimate of drug-likeness (QED) is 0.288. The van der Waals surface area contributed by atoms with E-state index < -0.39 is 29.3 Å². The van der Waals surface area contributed by atoms with Crippen LogP contribution in [-0.4, -0.2) is 31.1 Å². The van der Waals surface area contributed by atoms with Crippen molar-refractivity contribution in [3.05, 3.63) is 68.0 Å². The number of carbonyl (C=O) groups is 2. The number of nitrogens with one attached hydrogen (secondary N) is 1. The molecule has 0 bridgehead atoms. The van der Waals surface area contributed by atoms with E-state index in [4.69, 9.17) is 27.9 Å². The predicted molar refractivity (Wildman–Crippen MR) is 152 cm³/mol. The van der Waals surface area contributed by atoms with Gasteiger partial charge in [-0.2, -0.15) is 13.2 Å². The Labute approximate surface area is 247 Å². The van der Waals surface area contributed by atoms with E-state index in [1.165, 1.54) is 19.3 Å². The highest BCUT2D eigenvalue weighted by Crippen LogP contribution is 2.52. The zero-order valence-electron chi connectivity index (χ0n) is 22.6. The fourth-order valence-electron chi connectivity index (χ4n) is 6.08. The number of benzene rings is 2. The zero-order chi connectivity index (χ0) is 29.6. The van der Waals surface area contributed by atoms with Crippen molar-refractivity contribution in [3.8, 4) is 5.75 Å². The van der Waals surface area contributed by atoms with Crippen LogP contribution in [0, 0.1) is 16.7 Å². The van der Waals surface area contributed by atoms with Gasteiger partial charge in [-0.15, -0.1) is 4.91 Å². The summed E-state index contributed by atoms with van der Waals surface area (Å²) in [5.74, 6) is -1.88. The maximum absolute atomic E-state index is 13.6. The highest BCUT2D eigenvalue weighted by atomic mass is 35.5. The Kier molecular flexibility index (Phi) is 10.3. The third-order valence-electron chi connectivity index (χ3n) is 8.47. The molecule has 41 heavy (non-hydrogen) atoms. The second-order valence-corrected chi connectivity index (χ2v) is 11.9. The largest absolute Gasteiger partial charge is 0.490 e. The van der Waals surface area contributed by atoms with E-state index in [0.717, 1.165) is 18.4 Å². The number of hydrogen-bond donors (Lipinski definition) is 1. The van der Waals surface area contributed by atoms with Crippen molar-refractivity contribution in [2.24, 2.45) is 17.0 Å². The van der Waals surface area contributed by atoms with Crippen LogP contribution in [0.25, 0.3) is 0 Å². The van der Waals surface area contributed by atoms with Gasteiger partial charge in [0.05, 0.1) is 22.6 Å². The van der Waals surface area contributed by atoms with Crippen LogP contribution in [0.4, 0.5) is 13.2 Å². The lowest BCUT2D eigenvalue weighted by Gasteiger charge is -2.42. The number of nitrogens with zero attached hydrogens (tertiary/aromatic N) is 1. The van der Waals surface area contributed by atoms with Gasteiger partial charge in [0, 0.05) is 29.1 Å². The van der Waals surface area contributed by atoms with Crippen LogP contribution < -0.4 is 10.1 Å². The fraction of sp³-hybridized carbons (Fsp3) is 0.533. The maximum Gasteiger partial charge on any atom is 0.391 e. The summed E-state index contributed by atoms with van der Waals surface area (Å²) in [7, 11) is 0. The third kappa shape index (κ3) is 7.60. The molecule has 222 valence electrons. The Hall–Kier alpha value is -2.65. The Bertz CT molecular complexity index is 1220. The summed E-state index contributed by atoms with van der Waals surface area (Å²) in [4.78, 5) is 33.8. The van der Waals surface area contributed by atoms with Crippen molar-refractivity contribution < 1.29 is 27.5 Å². The van der Waals surface area contributed by atoms with Gasteiger partial charge in [-0.1, -0.05) is 54.6 Å². The smallest absolute Gasteiger partial charge is 0.391 e.